The number of nitrogens with one attached hydrogen (secondary N) is 2. The number of nitrogens with zero attached hydrogens (tertiary/aromatic N) is 3. The van der Waals surface area contributed by atoms with E-state index in [9.17, 15) is 4.79 Å². The van der Waals surface area contributed by atoms with E-state index < -0.39 is 0 Å². The number of hydrogen-bond acceptors (Lipinski definition) is 4. The van der Waals surface area contributed by atoms with Crippen molar-refractivity contribution in [3.63, 3.8) is 0 Å². The summed E-state index contributed by atoms with van der Waals surface area (Å²) >= 11 is 0. The fourth-order valence-corrected chi connectivity index (χ4v) is 2.79. The molecule has 0 unspecified atom stereocenters. The second kappa shape index (κ2) is 6.78. The topological polar surface area (TPSA) is 81.1 Å². The molecule has 2 aromatic rings. The Morgan fingerprint density at radius 2 is 2.35 bits per heavy atom. The van der Waals surface area contributed by atoms with Crippen LogP contribution < -0.4 is 10.6 Å². The number of aromatic nitrogens is 3. The van der Waals surface area contributed by atoms with Crippen LogP contribution in [0.2, 0.25) is 0 Å². The number of urea groups is 1. The molecule has 2 atom stereocenters. The number of pyridine rings is 1. The molecule has 2 amide bonds. The number of amides is 2. The van der Waals surface area contributed by atoms with Crippen molar-refractivity contribution in [1.82, 2.24) is 19.9 Å². The predicted molar refractivity (Wildman–Crippen MR) is 86.1 cm³/mol. The molecule has 0 aromatic carbocycles. The lowest BCUT2D eigenvalue weighted by Gasteiger charge is -2.30. The Kier molecular flexibility index (Phi) is 4.57. The van der Waals surface area contributed by atoms with Crippen molar-refractivity contribution in [2.24, 2.45) is 7.05 Å². The van der Waals surface area contributed by atoms with Gasteiger partial charge in [-0.15, -0.1) is 0 Å². The molecule has 2 N–H and O–H groups in total. The van der Waals surface area contributed by atoms with Crippen LogP contribution in [0.1, 0.15) is 30.3 Å². The molecule has 7 heteroatoms. The quantitative estimate of drug-likeness (QED) is 0.909. The van der Waals surface area contributed by atoms with Crippen molar-refractivity contribution >= 4 is 11.7 Å². The molecule has 0 saturated carbocycles. The fourth-order valence-electron chi connectivity index (χ4n) is 2.79. The normalized spacial score (nSPS) is 21.0. The van der Waals surface area contributed by atoms with E-state index in [1.54, 1.807) is 18.6 Å². The van der Waals surface area contributed by atoms with E-state index in [1.165, 1.54) is 0 Å². The predicted octanol–water partition coefficient (Wildman–Crippen LogP) is 2.17. The molecule has 122 valence electrons. The van der Waals surface area contributed by atoms with Gasteiger partial charge in [0.2, 0.25) is 0 Å². The average molecular weight is 315 g/mol. The number of carbonyl (C=O) groups excluding carboxylic acids is 1. The van der Waals surface area contributed by atoms with Crippen molar-refractivity contribution in [2.45, 2.75) is 31.9 Å². The van der Waals surface area contributed by atoms with Gasteiger partial charge in [0, 0.05) is 37.3 Å². The van der Waals surface area contributed by atoms with E-state index in [1.807, 2.05) is 30.8 Å². The SMILES string of the molecule is Cc1cc(NC(=O)N[C@H]2CCO[C@H](c3cncn3C)C2)ccn1. The summed E-state index contributed by atoms with van der Waals surface area (Å²) in [5.74, 6) is 0. The van der Waals surface area contributed by atoms with E-state index in [-0.39, 0.29) is 18.2 Å². The zero-order valence-electron chi connectivity index (χ0n) is 13.3. The summed E-state index contributed by atoms with van der Waals surface area (Å²) in [6.07, 6.45) is 6.75. The molecule has 0 spiro atoms. The minimum Gasteiger partial charge on any atom is -0.372 e. The lowest BCUT2D eigenvalue weighted by atomic mass is 10.0. The zero-order valence-corrected chi connectivity index (χ0v) is 13.3. The van der Waals surface area contributed by atoms with E-state index in [0.717, 1.165) is 29.9 Å². The molecule has 1 aliphatic rings. The molecule has 3 heterocycles. The third kappa shape index (κ3) is 3.87. The van der Waals surface area contributed by atoms with Gasteiger partial charge in [-0.05, 0) is 31.9 Å². The van der Waals surface area contributed by atoms with Crippen molar-refractivity contribution in [3.8, 4) is 0 Å². The molecule has 1 aliphatic heterocycles. The van der Waals surface area contributed by atoms with Gasteiger partial charge in [0.15, 0.2) is 0 Å². The molecule has 0 radical (unpaired) electrons. The van der Waals surface area contributed by atoms with Crippen LogP contribution >= 0.6 is 0 Å². The number of rotatable bonds is 3. The van der Waals surface area contributed by atoms with Crippen LogP contribution in [0.3, 0.4) is 0 Å². The number of anilines is 1. The second-order valence-corrected chi connectivity index (χ2v) is 5.79. The van der Waals surface area contributed by atoms with Crippen LogP contribution in [0.4, 0.5) is 10.5 Å². The lowest BCUT2D eigenvalue weighted by molar-refractivity contribution is -0.00151. The highest BCUT2D eigenvalue weighted by Crippen LogP contribution is 2.27. The highest BCUT2D eigenvalue weighted by molar-refractivity contribution is 5.89. The van der Waals surface area contributed by atoms with Gasteiger partial charge in [-0.2, -0.15) is 0 Å². The van der Waals surface area contributed by atoms with Gasteiger partial charge >= 0.3 is 6.03 Å². The first-order valence-electron chi connectivity index (χ1n) is 7.70. The Labute approximate surface area is 135 Å². The lowest BCUT2D eigenvalue weighted by Crippen LogP contribution is -2.42. The van der Waals surface area contributed by atoms with Gasteiger partial charge in [-0.3, -0.25) is 4.98 Å². The van der Waals surface area contributed by atoms with E-state index in [4.69, 9.17) is 4.74 Å². The second-order valence-electron chi connectivity index (χ2n) is 5.79. The van der Waals surface area contributed by atoms with Gasteiger partial charge in [0.25, 0.3) is 0 Å². The van der Waals surface area contributed by atoms with Gasteiger partial charge in [-0.25, -0.2) is 9.78 Å². The molecule has 7 nitrogen and oxygen atoms in total. The number of hydrogen-bond donors (Lipinski definition) is 2. The Balaban J connectivity index is 1.57. The Hall–Kier alpha value is -2.41. The summed E-state index contributed by atoms with van der Waals surface area (Å²) < 4.78 is 7.76. The molecule has 3 rings (SSSR count). The number of imidazole rings is 1. The third-order valence-electron chi connectivity index (χ3n) is 3.96. The number of ether oxygens (including phenoxy) is 1. The van der Waals surface area contributed by atoms with E-state index in [2.05, 4.69) is 20.6 Å². The summed E-state index contributed by atoms with van der Waals surface area (Å²) in [6, 6.07) is 3.48. The molecule has 1 saturated heterocycles. The maximum Gasteiger partial charge on any atom is 0.319 e. The van der Waals surface area contributed by atoms with E-state index in [0.29, 0.717) is 6.61 Å². The van der Waals surface area contributed by atoms with Gasteiger partial charge in [0.1, 0.15) is 6.10 Å². The average Bonchev–Trinajstić information content (AvgIpc) is 2.93. The standard InChI is InChI=1S/C16H21N5O2/c1-11-7-12(3-5-18-11)19-16(22)20-13-4-6-23-15(8-13)14-9-17-10-21(14)2/h3,5,7,9-10,13,15H,4,6,8H2,1-2H3,(H2,18,19,20,22)/t13-,15-/m0/s1. The summed E-state index contributed by atoms with van der Waals surface area (Å²) in [7, 11) is 1.95. The van der Waals surface area contributed by atoms with Crippen LogP contribution in [-0.4, -0.2) is 33.2 Å². The number of carbonyl (C=O) groups is 1. The van der Waals surface area contributed by atoms with Gasteiger partial charge in [-0.1, -0.05) is 0 Å². The largest absolute Gasteiger partial charge is 0.372 e. The third-order valence-corrected chi connectivity index (χ3v) is 3.96. The summed E-state index contributed by atoms with van der Waals surface area (Å²) in [5, 5.41) is 5.86. The van der Waals surface area contributed by atoms with Gasteiger partial charge in [0.05, 0.1) is 18.2 Å². The molecule has 0 aliphatic carbocycles. The van der Waals surface area contributed by atoms with Crippen LogP contribution in [0.15, 0.2) is 30.9 Å². The summed E-state index contributed by atoms with van der Waals surface area (Å²) in [6.45, 7) is 2.51. The van der Waals surface area contributed by atoms with Crippen LogP contribution in [0.5, 0.6) is 0 Å². The first-order chi connectivity index (χ1) is 11.1. The molecule has 0 bridgehead atoms. The fraction of sp³-hybridized carbons (Fsp3) is 0.438. The molecular weight excluding hydrogens is 294 g/mol. The molecular formula is C16H21N5O2. The van der Waals surface area contributed by atoms with Crippen molar-refractivity contribution < 1.29 is 9.53 Å². The van der Waals surface area contributed by atoms with Crippen molar-refractivity contribution in [2.75, 3.05) is 11.9 Å². The summed E-state index contributed by atoms with van der Waals surface area (Å²) in [5.41, 5.74) is 2.64. The van der Waals surface area contributed by atoms with Crippen LogP contribution in [0, 0.1) is 6.92 Å². The van der Waals surface area contributed by atoms with Crippen LogP contribution in [-0.2, 0) is 11.8 Å². The maximum atomic E-state index is 12.2. The number of aryl methyl sites for hydroxylation is 2. The molecule has 2 aromatic heterocycles. The Bertz CT molecular complexity index is 685. The van der Waals surface area contributed by atoms with Crippen LogP contribution in [0.25, 0.3) is 0 Å². The van der Waals surface area contributed by atoms with Crippen molar-refractivity contribution in [3.05, 3.63) is 42.2 Å². The minimum atomic E-state index is -0.203. The monoisotopic (exact) mass is 315 g/mol. The molecule has 23 heavy (non-hydrogen) atoms. The minimum absolute atomic E-state index is 0.0373. The highest BCUT2D eigenvalue weighted by atomic mass is 16.5. The Morgan fingerprint density at radius 1 is 1.48 bits per heavy atom. The van der Waals surface area contributed by atoms with Crippen molar-refractivity contribution in [1.29, 1.82) is 0 Å². The first kappa shape index (κ1) is 15.5. The Morgan fingerprint density at radius 3 is 3.09 bits per heavy atom. The smallest absolute Gasteiger partial charge is 0.319 e. The summed E-state index contributed by atoms with van der Waals surface area (Å²) in [4.78, 5) is 20.4. The highest BCUT2D eigenvalue weighted by Gasteiger charge is 2.26. The molecule has 1 fully saturated rings. The maximum absolute atomic E-state index is 12.2. The van der Waals surface area contributed by atoms with E-state index >= 15 is 0 Å². The zero-order chi connectivity index (χ0) is 16.2. The van der Waals surface area contributed by atoms with Gasteiger partial charge < -0.3 is 19.9 Å². The first-order valence-corrected chi connectivity index (χ1v) is 7.70.